The minimum absolute atomic E-state index is 0.0442. The molecule has 0 radical (unpaired) electrons. The summed E-state index contributed by atoms with van der Waals surface area (Å²) in [6.45, 7) is 3.70. The topological polar surface area (TPSA) is 65.0 Å². The van der Waals surface area contributed by atoms with E-state index in [1.807, 2.05) is 24.3 Å². The summed E-state index contributed by atoms with van der Waals surface area (Å²) >= 11 is 0.978. The van der Waals surface area contributed by atoms with Crippen LogP contribution < -0.4 is 0 Å². The van der Waals surface area contributed by atoms with E-state index in [0.717, 1.165) is 29.4 Å². The Hall–Kier alpha value is -2.68. The highest BCUT2D eigenvalue weighted by atomic mass is 32.2. The lowest BCUT2D eigenvalue weighted by atomic mass is 10.0. The Morgan fingerprint density at radius 1 is 1.18 bits per heavy atom. The number of fused-ring (bicyclic) bond motifs is 1. The molecule has 0 spiro atoms. The molecule has 5 nitrogen and oxygen atoms in total. The number of halogens is 3. The van der Waals surface area contributed by atoms with E-state index in [0.29, 0.717) is 22.3 Å². The number of carbonyl (C=O) groups is 1. The molecule has 0 amide bonds. The van der Waals surface area contributed by atoms with Crippen molar-refractivity contribution in [1.82, 2.24) is 15.0 Å². The number of pyridine rings is 1. The van der Waals surface area contributed by atoms with Crippen LogP contribution in [0.25, 0.3) is 10.9 Å². The maximum atomic E-state index is 12.8. The third kappa shape index (κ3) is 4.24. The number of carbonyl (C=O) groups excluding carboxylic acids is 1. The van der Waals surface area contributed by atoms with E-state index in [-0.39, 0.29) is 17.5 Å². The molecule has 0 aliphatic heterocycles. The molecule has 2 aromatic heterocycles. The number of aromatic nitrogens is 3. The highest BCUT2D eigenvalue weighted by Crippen LogP contribution is 2.31. The van der Waals surface area contributed by atoms with Gasteiger partial charge in [-0.3, -0.25) is 4.98 Å². The van der Waals surface area contributed by atoms with Crippen LogP contribution in [-0.4, -0.2) is 27.5 Å². The largest absolute Gasteiger partial charge is 0.462 e. The van der Waals surface area contributed by atoms with E-state index in [1.165, 1.54) is 0 Å². The third-order valence-corrected chi connectivity index (χ3v) is 4.84. The van der Waals surface area contributed by atoms with Crippen molar-refractivity contribution in [2.45, 2.75) is 30.9 Å². The van der Waals surface area contributed by atoms with Gasteiger partial charge in [0.1, 0.15) is 5.69 Å². The molecule has 28 heavy (non-hydrogen) atoms. The van der Waals surface area contributed by atoms with E-state index < -0.39 is 17.8 Å². The lowest BCUT2D eigenvalue weighted by molar-refractivity contribution is -0.141. The third-order valence-electron chi connectivity index (χ3n) is 3.97. The monoisotopic (exact) mass is 407 g/mol. The Kier molecular flexibility index (Phi) is 5.83. The molecule has 0 bridgehead atoms. The molecule has 3 aromatic rings. The number of rotatable bonds is 5. The van der Waals surface area contributed by atoms with Gasteiger partial charge in [-0.05, 0) is 31.5 Å². The van der Waals surface area contributed by atoms with Gasteiger partial charge in [-0.15, -0.1) is 0 Å². The zero-order chi connectivity index (χ0) is 20.3. The van der Waals surface area contributed by atoms with E-state index in [4.69, 9.17) is 4.74 Å². The minimum atomic E-state index is -4.55. The quantitative estimate of drug-likeness (QED) is 0.343. The molecule has 0 atom stereocenters. The molecule has 1 aromatic carbocycles. The first-order valence-electron chi connectivity index (χ1n) is 8.39. The summed E-state index contributed by atoms with van der Waals surface area (Å²) in [6, 6.07) is 8.15. The molecule has 146 valence electrons. The van der Waals surface area contributed by atoms with E-state index in [1.54, 1.807) is 13.8 Å². The first kappa shape index (κ1) is 20.1. The van der Waals surface area contributed by atoms with Gasteiger partial charge < -0.3 is 4.74 Å². The number of esters is 1. The number of aryl methyl sites for hydroxylation is 1. The molecule has 0 saturated carbocycles. The summed E-state index contributed by atoms with van der Waals surface area (Å²) in [5.74, 6) is -0.389. The van der Waals surface area contributed by atoms with E-state index >= 15 is 0 Å². The van der Waals surface area contributed by atoms with Gasteiger partial charge in [-0.25, -0.2) is 14.8 Å². The van der Waals surface area contributed by atoms with Crippen molar-refractivity contribution in [3.8, 4) is 0 Å². The standard InChI is InChI=1S/C19H16F3N3O2S/c1-3-27-17(26)16-11(2)12-6-4-5-7-13(12)24-14(16)10-28-18-23-9-8-15(25-18)19(20,21)22/h4-9H,3,10H2,1-2H3. The fourth-order valence-electron chi connectivity index (χ4n) is 2.72. The summed E-state index contributed by atoms with van der Waals surface area (Å²) in [5, 5.41) is 0.770. The molecule has 2 heterocycles. The average molecular weight is 407 g/mol. The van der Waals surface area contributed by atoms with Gasteiger partial charge in [-0.1, -0.05) is 30.0 Å². The van der Waals surface area contributed by atoms with Crippen molar-refractivity contribution in [3.05, 3.63) is 59.0 Å². The second-order valence-corrected chi connectivity index (χ2v) is 6.75. The van der Waals surface area contributed by atoms with E-state index in [2.05, 4.69) is 15.0 Å². The second-order valence-electron chi connectivity index (χ2n) is 5.81. The Morgan fingerprint density at radius 2 is 1.93 bits per heavy atom. The van der Waals surface area contributed by atoms with Crippen LogP contribution in [0.4, 0.5) is 13.2 Å². The van der Waals surface area contributed by atoms with Crippen LogP contribution in [0.5, 0.6) is 0 Å². The molecular formula is C19H16F3N3O2S. The fourth-order valence-corrected chi connectivity index (χ4v) is 3.49. The number of thioether (sulfide) groups is 1. The zero-order valence-corrected chi connectivity index (χ0v) is 15.9. The van der Waals surface area contributed by atoms with Crippen molar-refractivity contribution < 1.29 is 22.7 Å². The van der Waals surface area contributed by atoms with Crippen LogP contribution >= 0.6 is 11.8 Å². The van der Waals surface area contributed by atoms with Crippen molar-refractivity contribution in [1.29, 1.82) is 0 Å². The fraction of sp³-hybridized carbons (Fsp3) is 0.263. The van der Waals surface area contributed by atoms with Crippen LogP contribution in [0.3, 0.4) is 0 Å². The van der Waals surface area contributed by atoms with Gasteiger partial charge in [0.05, 0.1) is 23.4 Å². The molecule has 0 unspecified atom stereocenters. The predicted molar refractivity (Wildman–Crippen MR) is 99.0 cm³/mol. The normalized spacial score (nSPS) is 11.6. The first-order chi connectivity index (χ1) is 13.3. The van der Waals surface area contributed by atoms with Crippen molar-refractivity contribution >= 4 is 28.6 Å². The van der Waals surface area contributed by atoms with Gasteiger partial charge in [-0.2, -0.15) is 13.2 Å². The van der Waals surface area contributed by atoms with Crippen LogP contribution in [-0.2, 0) is 16.7 Å². The molecule has 0 N–H and O–H groups in total. The summed E-state index contributed by atoms with van der Waals surface area (Å²) in [6.07, 6.45) is -3.49. The molecular weight excluding hydrogens is 391 g/mol. The van der Waals surface area contributed by atoms with Gasteiger partial charge >= 0.3 is 12.1 Å². The Labute approximate surface area is 163 Å². The van der Waals surface area contributed by atoms with Crippen molar-refractivity contribution in [3.63, 3.8) is 0 Å². The number of ether oxygens (including phenoxy) is 1. The summed E-state index contributed by atoms with van der Waals surface area (Å²) in [4.78, 5) is 24.4. The number of hydrogen-bond donors (Lipinski definition) is 0. The van der Waals surface area contributed by atoms with Gasteiger partial charge in [0.15, 0.2) is 5.16 Å². The molecule has 0 saturated heterocycles. The Morgan fingerprint density at radius 3 is 2.64 bits per heavy atom. The predicted octanol–water partition coefficient (Wildman–Crippen LogP) is 4.82. The van der Waals surface area contributed by atoms with Crippen LogP contribution in [0.15, 0.2) is 41.7 Å². The Bertz CT molecular complexity index is 1020. The SMILES string of the molecule is CCOC(=O)c1c(CSc2nccc(C(F)(F)F)n2)nc2ccccc2c1C. The molecule has 3 rings (SSSR count). The summed E-state index contributed by atoms with van der Waals surface area (Å²) < 4.78 is 43.7. The highest BCUT2D eigenvalue weighted by Gasteiger charge is 2.32. The van der Waals surface area contributed by atoms with Crippen molar-refractivity contribution in [2.75, 3.05) is 6.61 Å². The molecule has 0 fully saturated rings. The first-order valence-corrected chi connectivity index (χ1v) is 9.38. The number of alkyl halides is 3. The maximum absolute atomic E-state index is 12.8. The van der Waals surface area contributed by atoms with Crippen LogP contribution in [0, 0.1) is 6.92 Å². The van der Waals surface area contributed by atoms with Gasteiger partial charge in [0.2, 0.25) is 0 Å². The molecule has 9 heteroatoms. The van der Waals surface area contributed by atoms with Gasteiger partial charge in [0, 0.05) is 17.3 Å². The number of nitrogens with zero attached hydrogens (tertiary/aromatic N) is 3. The van der Waals surface area contributed by atoms with Crippen molar-refractivity contribution in [2.24, 2.45) is 0 Å². The highest BCUT2D eigenvalue weighted by molar-refractivity contribution is 7.98. The number of hydrogen-bond acceptors (Lipinski definition) is 6. The van der Waals surface area contributed by atoms with Crippen LogP contribution in [0.1, 0.15) is 34.2 Å². The smallest absolute Gasteiger partial charge is 0.433 e. The van der Waals surface area contributed by atoms with Gasteiger partial charge in [0.25, 0.3) is 0 Å². The Balaban J connectivity index is 1.98. The average Bonchev–Trinajstić information content (AvgIpc) is 2.66. The number of para-hydroxylation sites is 1. The summed E-state index contributed by atoms with van der Waals surface area (Å²) in [7, 11) is 0. The molecule has 0 aliphatic carbocycles. The maximum Gasteiger partial charge on any atom is 0.433 e. The lowest BCUT2D eigenvalue weighted by Gasteiger charge is -2.13. The zero-order valence-electron chi connectivity index (χ0n) is 15.1. The van der Waals surface area contributed by atoms with Crippen LogP contribution in [0.2, 0.25) is 0 Å². The lowest BCUT2D eigenvalue weighted by Crippen LogP contribution is -2.12. The second kappa shape index (κ2) is 8.14. The number of benzene rings is 1. The summed E-state index contributed by atoms with van der Waals surface area (Å²) in [5.41, 5.74) is 1.12. The molecule has 0 aliphatic rings. The minimum Gasteiger partial charge on any atom is -0.462 e. The van der Waals surface area contributed by atoms with E-state index in [9.17, 15) is 18.0 Å².